The molecular formula is C10H17BrN2S. The van der Waals surface area contributed by atoms with Gasteiger partial charge in [-0.15, -0.1) is 11.3 Å². The molecule has 0 aromatic carbocycles. The standard InChI is InChI=1S/C10H17BrN2S/c1-4-8(3)6-13(5-2)10-12-9(11)7-14-10/h7-8H,4-6H2,1-3H3. The lowest BCUT2D eigenvalue weighted by Gasteiger charge is -2.23. The van der Waals surface area contributed by atoms with E-state index in [4.69, 9.17) is 0 Å². The number of nitrogens with zero attached hydrogens (tertiary/aromatic N) is 2. The number of thiazole rings is 1. The zero-order chi connectivity index (χ0) is 10.6. The van der Waals surface area contributed by atoms with Crippen molar-refractivity contribution in [3.8, 4) is 0 Å². The lowest BCUT2D eigenvalue weighted by atomic mass is 10.1. The third-order valence-corrected chi connectivity index (χ3v) is 3.96. The molecule has 0 amide bonds. The summed E-state index contributed by atoms with van der Waals surface area (Å²) in [5, 5.41) is 3.16. The molecule has 2 nitrogen and oxygen atoms in total. The molecule has 0 saturated heterocycles. The van der Waals surface area contributed by atoms with Gasteiger partial charge < -0.3 is 4.90 Å². The van der Waals surface area contributed by atoms with E-state index in [0.29, 0.717) is 0 Å². The van der Waals surface area contributed by atoms with Gasteiger partial charge in [0, 0.05) is 18.5 Å². The van der Waals surface area contributed by atoms with Crippen LogP contribution >= 0.6 is 27.3 Å². The Morgan fingerprint density at radius 1 is 1.57 bits per heavy atom. The fourth-order valence-electron chi connectivity index (χ4n) is 1.24. The molecule has 0 fully saturated rings. The van der Waals surface area contributed by atoms with Gasteiger partial charge in [-0.1, -0.05) is 20.3 Å². The van der Waals surface area contributed by atoms with Crippen LogP contribution in [0.25, 0.3) is 0 Å². The Bertz CT molecular complexity index is 275. The average Bonchev–Trinajstić information content (AvgIpc) is 2.60. The number of hydrogen-bond donors (Lipinski definition) is 0. The zero-order valence-corrected chi connectivity index (χ0v) is 11.4. The predicted molar refractivity (Wildman–Crippen MR) is 67.2 cm³/mol. The van der Waals surface area contributed by atoms with Crippen LogP contribution < -0.4 is 4.90 Å². The van der Waals surface area contributed by atoms with Gasteiger partial charge in [-0.2, -0.15) is 0 Å². The highest BCUT2D eigenvalue weighted by Gasteiger charge is 2.11. The van der Waals surface area contributed by atoms with E-state index in [9.17, 15) is 0 Å². The van der Waals surface area contributed by atoms with Crippen molar-refractivity contribution in [3.05, 3.63) is 9.98 Å². The summed E-state index contributed by atoms with van der Waals surface area (Å²) in [5.41, 5.74) is 0. The predicted octanol–water partition coefficient (Wildman–Crippen LogP) is 3.78. The molecule has 0 aliphatic carbocycles. The molecular weight excluding hydrogens is 260 g/mol. The van der Waals surface area contributed by atoms with Crippen LogP contribution in [0.4, 0.5) is 5.13 Å². The molecule has 0 N–H and O–H groups in total. The van der Waals surface area contributed by atoms with Crippen LogP contribution in [0.5, 0.6) is 0 Å². The van der Waals surface area contributed by atoms with Crippen molar-refractivity contribution in [1.29, 1.82) is 0 Å². The lowest BCUT2D eigenvalue weighted by Crippen LogP contribution is -2.27. The minimum Gasteiger partial charge on any atom is -0.348 e. The molecule has 1 rings (SSSR count). The van der Waals surface area contributed by atoms with Gasteiger partial charge in [-0.3, -0.25) is 0 Å². The van der Waals surface area contributed by atoms with Crippen molar-refractivity contribution in [1.82, 2.24) is 4.98 Å². The third kappa shape index (κ3) is 3.24. The number of rotatable bonds is 5. The second-order valence-corrected chi connectivity index (χ2v) is 5.15. The van der Waals surface area contributed by atoms with Crippen LogP contribution in [0.1, 0.15) is 27.2 Å². The van der Waals surface area contributed by atoms with Gasteiger partial charge in [0.1, 0.15) is 4.60 Å². The van der Waals surface area contributed by atoms with Crippen molar-refractivity contribution < 1.29 is 0 Å². The van der Waals surface area contributed by atoms with Gasteiger partial charge in [0.15, 0.2) is 5.13 Å². The highest BCUT2D eigenvalue weighted by atomic mass is 79.9. The van der Waals surface area contributed by atoms with E-state index in [1.807, 2.05) is 5.38 Å². The fraction of sp³-hybridized carbons (Fsp3) is 0.700. The molecule has 0 radical (unpaired) electrons. The van der Waals surface area contributed by atoms with Gasteiger partial charge in [0.25, 0.3) is 0 Å². The molecule has 1 unspecified atom stereocenters. The van der Waals surface area contributed by atoms with E-state index in [2.05, 4.69) is 46.6 Å². The Hall–Kier alpha value is -0.0900. The molecule has 1 aromatic heterocycles. The number of aromatic nitrogens is 1. The highest BCUT2D eigenvalue weighted by Crippen LogP contribution is 2.24. The van der Waals surface area contributed by atoms with Crippen molar-refractivity contribution in [2.24, 2.45) is 5.92 Å². The molecule has 0 aliphatic heterocycles. The molecule has 0 aliphatic rings. The van der Waals surface area contributed by atoms with Gasteiger partial charge in [0.2, 0.25) is 0 Å². The SMILES string of the molecule is CCC(C)CN(CC)c1nc(Br)cs1. The first-order chi connectivity index (χ1) is 6.67. The number of hydrogen-bond acceptors (Lipinski definition) is 3. The molecule has 1 aromatic rings. The Labute approximate surface area is 98.5 Å². The summed E-state index contributed by atoms with van der Waals surface area (Å²) >= 11 is 5.09. The van der Waals surface area contributed by atoms with Crippen LogP contribution in [0.2, 0.25) is 0 Å². The van der Waals surface area contributed by atoms with Crippen LogP contribution in [0, 0.1) is 5.92 Å². The summed E-state index contributed by atoms with van der Waals surface area (Å²) in [6, 6.07) is 0. The minimum atomic E-state index is 0.734. The smallest absolute Gasteiger partial charge is 0.186 e. The first-order valence-corrected chi connectivity index (χ1v) is 6.70. The van der Waals surface area contributed by atoms with Crippen molar-refractivity contribution >= 4 is 32.4 Å². The topological polar surface area (TPSA) is 16.1 Å². The summed E-state index contributed by atoms with van der Waals surface area (Å²) in [6.07, 6.45) is 1.23. The summed E-state index contributed by atoms with van der Waals surface area (Å²) in [7, 11) is 0. The van der Waals surface area contributed by atoms with Crippen molar-refractivity contribution in [2.75, 3.05) is 18.0 Å². The second kappa shape index (κ2) is 5.71. The minimum absolute atomic E-state index is 0.734. The Kier molecular flexibility index (Phi) is 4.89. The molecule has 4 heteroatoms. The Morgan fingerprint density at radius 2 is 2.29 bits per heavy atom. The van der Waals surface area contributed by atoms with E-state index in [1.165, 1.54) is 6.42 Å². The summed E-state index contributed by atoms with van der Waals surface area (Å²) in [6.45, 7) is 8.83. The van der Waals surface area contributed by atoms with Crippen LogP contribution in [0.3, 0.4) is 0 Å². The maximum Gasteiger partial charge on any atom is 0.186 e. The molecule has 0 spiro atoms. The Balaban J connectivity index is 2.62. The largest absolute Gasteiger partial charge is 0.348 e. The lowest BCUT2D eigenvalue weighted by molar-refractivity contribution is 0.547. The van der Waals surface area contributed by atoms with Gasteiger partial charge in [-0.05, 0) is 28.8 Å². The number of anilines is 1. The monoisotopic (exact) mass is 276 g/mol. The first kappa shape index (κ1) is 12.0. The van der Waals surface area contributed by atoms with Crippen LogP contribution in [0.15, 0.2) is 9.98 Å². The molecule has 1 heterocycles. The summed E-state index contributed by atoms with van der Waals surface area (Å²) in [4.78, 5) is 6.77. The van der Waals surface area contributed by atoms with E-state index in [1.54, 1.807) is 11.3 Å². The maximum absolute atomic E-state index is 4.43. The van der Waals surface area contributed by atoms with Crippen molar-refractivity contribution in [3.63, 3.8) is 0 Å². The van der Waals surface area contributed by atoms with E-state index in [0.717, 1.165) is 28.7 Å². The molecule has 0 saturated carbocycles. The van der Waals surface area contributed by atoms with E-state index >= 15 is 0 Å². The number of halogens is 1. The molecule has 1 atom stereocenters. The molecule has 14 heavy (non-hydrogen) atoms. The van der Waals surface area contributed by atoms with Gasteiger partial charge >= 0.3 is 0 Å². The average molecular weight is 277 g/mol. The zero-order valence-electron chi connectivity index (χ0n) is 8.96. The summed E-state index contributed by atoms with van der Waals surface area (Å²) in [5.74, 6) is 0.734. The highest BCUT2D eigenvalue weighted by molar-refractivity contribution is 9.10. The van der Waals surface area contributed by atoms with Crippen LogP contribution in [-0.4, -0.2) is 18.1 Å². The maximum atomic E-state index is 4.43. The molecule has 0 bridgehead atoms. The van der Waals surface area contributed by atoms with E-state index in [-0.39, 0.29) is 0 Å². The van der Waals surface area contributed by atoms with Gasteiger partial charge in [0.05, 0.1) is 0 Å². The fourth-order valence-corrected chi connectivity index (χ4v) is 2.56. The van der Waals surface area contributed by atoms with Gasteiger partial charge in [-0.25, -0.2) is 4.98 Å². The van der Waals surface area contributed by atoms with Crippen LogP contribution in [-0.2, 0) is 0 Å². The molecule has 80 valence electrons. The summed E-state index contributed by atoms with van der Waals surface area (Å²) < 4.78 is 0.945. The third-order valence-electron chi connectivity index (χ3n) is 2.35. The normalized spacial score (nSPS) is 12.9. The Morgan fingerprint density at radius 3 is 2.71 bits per heavy atom. The van der Waals surface area contributed by atoms with E-state index < -0.39 is 0 Å². The van der Waals surface area contributed by atoms with Crippen molar-refractivity contribution in [2.45, 2.75) is 27.2 Å². The second-order valence-electron chi connectivity index (χ2n) is 3.50. The quantitative estimate of drug-likeness (QED) is 0.814. The first-order valence-electron chi connectivity index (χ1n) is 5.03.